The molecule has 0 spiro atoms. The highest BCUT2D eigenvalue weighted by Gasteiger charge is 2.15. The molecule has 0 fully saturated rings. The fourth-order valence-electron chi connectivity index (χ4n) is 1.90. The van der Waals surface area contributed by atoms with Crippen molar-refractivity contribution in [1.82, 2.24) is 5.32 Å². The Morgan fingerprint density at radius 1 is 1.38 bits per heavy atom. The maximum Gasteiger partial charge on any atom is 0.244 e. The van der Waals surface area contributed by atoms with E-state index >= 15 is 0 Å². The second-order valence-corrected chi connectivity index (χ2v) is 4.92. The van der Waals surface area contributed by atoms with Gasteiger partial charge in [-0.3, -0.25) is 4.79 Å². The van der Waals surface area contributed by atoms with E-state index in [1.165, 1.54) is 6.08 Å². The minimum Gasteiger partial charge on any atom is -0.486 e. The predicted octanol–water partition coefficient (Wildman–Crippen LogP) is 3.21. The van der Waals surface area contributed by atoms with Crippen molar-refractivity contribution in [3.63, 3.8) is 0 Å². The number of rotatable bonds is 5. The van der Waals surface area contributed by atoms with Crippen LogP contribution in [0.4, 0.5) is 0 Å². The molecule has 4 nitrogen and oxygen atoms in total. The van der Waals surface area contributed by atoms with E-state index in [1.54, 1.807) is 12.1 Å². The number of benzene rings is 1. The molecular formula is C16H18ClNO3. The zero-order valence-corrected chi connectivity index (χ0v) is 12.7. The quantitative estimate of drug-likeness (QED) is 0.516. The largest absolute Gasteiger partial charge is 0.486 e. The summed E-state index contributed by atoms with van der Waals surface area (Å²) in [6, 6.07) is 3.56. The Hall–Kier alpha value is -1.94. The second kappa shape index (κ2) is 7.74. The maximum absolute atomic E-state index is 11.6. The number of ether oxygens (including phenoxy) is 2. The number of fused-ring (bicyclic) bond motifs is 1. The van der Waals surface area contributed by atoms with Crippen LogP contribution in [0.2, 0.25) is 5.02 Å². The van der Waals surface area contributed by atoms with E-state index in [0.29, 0.717) is 36.3 Å². The molecule has 0 radical (unpaired) electrons. The first kappa shape index (κ1) is 15.4. The van der Waals surface area contributed by atoms with Crippen molar-refractivity contribution in [1.29, 1.82) is 0 Å². The molecule has 0 bridgehead atoms. The van der Waals surface area contributed by atoms with Crippen molar-refractivity contribution in [2.75, 3.05) is 19.8 Å². The topological polar surface area (TPSA) is 47.6 Å². The zero-order chi connectivity index (χ0) is 15.1. The Kier molecular flexibility index (Phi) is 5.69. The van der Waals surface area contributed by atoms with E-state index in [4.69, 9.17) is 21.1 Å². The van der Waals surface area contributed by atoms with Crippen molar-refractivity contribution in [3.05, 3.63) is 40.9 Å². The molecule has 112 valence electrons. The Morgan fingerprint density at radius 2 is 2.19 bits per heavy atom. The van der Waals surface area contributed by atoms with E-state index in [0.717, 1.165) is 12.0 Å². The number of nitrogens with one attached hydrogen (secondary N) is 1. The molecule has 0 saturated heterocycles. The first-order valence-corrected chi connectivity index (χ1v) is 7.24. The summed E-state index contributed by atoms with van der Waals surface area (Å²) in [5, 5.41) is 3.29. The van der Waals surface area contributed by atoms with Gasteiger partial charge in [-0.25, -0.2) is 0 Å². The van der Waals surface area contributed by atoms with Crippen molar-refractivity contribution >= 4 is 23.6 Å². The average molecular weight is 308 g/mol. The van der Waals surface area contributed by atoms with Crippen LogP contribution in [0.3, 0.4) is 0 Å². The first-order chi connectivity index (χ1) is 10.2. The summed E-state index contributed by atoms with van der Waals surface area (Å²) in [5.74, 6) is 1.04. The van der Waals surface area contributed by atoms with Gasteiger partial charge in [0.1, 0.15) is 13.2 Å². The molecule has 0 aromatic heterocycles. The summed E-state index contributed by atoms with van der Waals surface area (Å²) in [7, 11) is 0. The molecule has 0 aliphatic carbocycles. The van der Waals surface area contributed by atoms with Gasteiger partial charge in [0.15, 0.2) is 11.5 Å². The first-order valence-electron chi connectivity index (χ1n) is 6.87. The van der Waals surface area contributed by atoms with Gasteiger partial charge >= 0.3 is 0 Å². The third kappa shape index (κ3) is 4.53. The molecule has 1 aromatic rings. The van der Waals surface area contributed by atoms with Crippen LogP contribution in [0.15, 0.2) is 30.4 Å². The molecular weight excluding hydrogens is 290 g/mol. The number of hydrogen-bond donors (Lipinski definition) is 1. The standard InChI is InChI=1S/C16H18ClNO3/c1-2-3-4-7-18-15(19)6-5-12-10-13(17)16-14(11-12)20-8-9-21-16/h2-3,5-6,10-11H,4,7-9H2,1H3,(H,18,19)/b3-2+,6-5+. The lowest BCUT2D eigenvalue weighted by atomic mass is 10.1. The Morgan fingerprint density at radius 3 is 3.00 bits per heavy atom. The average Bonchev–Trinajstić information content (AvgIpc) is 2.50. The zero-order valence-electron chi connectivity index (χ0n) is 11.9. The molecule has 2 rings (SSSR count). The highest BCUT2D eigenvalue weighted by Crippen LogP contribution is 2.38. The van der Waals surface area contributed by atoms with Gasteiger partial charge in [-0.05, 0) is 37.1 Å². The van der Waals surface area contributed by atoms with Crippen molar-refractivity contribution in [3.8, 4) is 11.5 Å². The number of allylic oxidation sites excluding steroid dienone is 1. The lowest BCUT2D eigenvalue weighted by molar-refractivity contribution is -0.116. The number of carbonyl (C=O) groups is 1. The van der Waals surface area contributed by atoms with E-state index in [1.807, 2.05) is 25.1 Å². The fraction of sp³-hybridized carbons (Fsp3) is 0.312. The monoisotopic (exact) mass is 307 g/mol. The third-order valence-electron chi connectivity index (χ3n) is 2.89. The van der Waals surface area contributed by atoms with Crippen LogP contribution >= 0.6 is 11.6 Å². The van der Waals surface area contributed by atoms with E-state index in [2.05, 4.69) is 5.32 Å². The van der Waals surface area contributed by atoms with Gasteiger partial charge in [0.2, 0.25) is 5.91 Å². The molecule has 0 unspecified atom stereocenters. The van der Waals surface area contributed by atoms with Gasteiger partial charge in [-0.2, -0.15) is 0 Å². The van der Waals surface area contributed by atoms with Crippen molar-refractivity contribution in [2.45, 2.75) is 13.3 Å². The summed E-state index contributed by atoms with van der Waals surface area (Å²) >= 11 is 6.13. The Balaban J connectivity index is 1.97. The summed E-state index contributed by atoms with van der Waals surface area (Å²) in [5.41, 5.74) is 0.799. The molecule has 1 amide bonds. The SMILES string of the molecule is C/C=C/CCNC(=O)/C=C/c1cc(Cl)c2c(c1)OCCO2. The molecule has 5 heteroatoms. The van der Waals surface area contributed by atoms with Crippen LogP contribution in [-0.4, -0.2) is 25.7 Å². The van der Waals surface area contributed by atoms with Gasteiger partial charge in [0.25, 0.3) is 0 Å². The molecule has 1 aliphatic heterocycles. The molecule has 1 heterocycles. The van der Waals surface area contributed by atoms with Crippen molar-refractivity contribution < 1.29 is 14.3 Å². The highest BCUT2D eigenvalue weighted by molar-refractivity contribution is 6.32. The van der Waals surface area contributed by atoms with Crippen molar-refractivity contribution in [2.24, 2.45) is 0 Å². The summed E-state index contributed by atoms with van der Waals surface area (Å²) < 4.78 is 10.9. The van der Waals surface area contributed by atoms with Gasteiger partial charge in [-0.15, -0.1) is 0 Å². The van der Waals surface area contributed by atoms with E-state index < -0.39 is 0 Å². The summed E-state index contributed by atoms with van der Waals surface area (Å²) in [6.07, 6.45) is 7.97. The van der Waals surface area contributed by atoms with E-state index in [9.17, 15) is 4.79 Å². The maximum atomic E-state index is 11.6. The lowest BCUT2D eigenvalue weighted by Gasteiger charge is -2.19. The molecule has 1 aliphatic rings. The van der Waals surface area contributed by atoms with Gasteiger partial charge < -0.3 is 14.8 Å². The van der Waals surface area contributed by atoms with E-state index in [-0.39, 0.29) is 5.91 Å². The number of carbonyl (C=O) groups excluding carboxylic acids is 1. The molecule has 0 atom stereocenters. The minimum absolute atomic E-state index is 0.134. The molecule has 1 N–H and O–H groups in total. The lowest BCUT2D eigenvalue weighted by Crippen LogP contribution is -2.21. The highest BCUT2D eigenvalue weighted by atomic mass is 35.5. The number of halogens is 1. The fourth-order valence-corrected chi connectivity index (χ4v) is 2.18. The van der Waals surface area contributed by atoms with Crippen LogP contribution in [0.1, 0.15) is 18.9 Å². The molecule has 1 aromatic carbocycles. The summed E-state index contributed by atoms with van der Waals surface area (Å²) in [4.78, 5) is 11.6. The molecule has 21 heavy (non-hydrogen) atoms. The molecule has 0 saturated carbocycles. The number of hydrogen-bond acceptors (Lipinski definition) is 3. The predicted molar refractivity (Wildman–Crippen MR) is 83.9 cm³/mol. The summed E-state index contributed by atoms with van der Waals surface area (Å²) in [6.45, 7) is 3.57. The van der Waals surface area contributed by atoms with Gasteiger partial charge in [0.05, 0.1) is 5.02 Å². The third-order valence-corrected chi connectivity index (χ3v) is 3.17. The van der Waals surface area contributed by atoms with Gasteiger partial charge in [0, 0.05) is 12.6 Å². The van der Waals surface area contributed by atoms with Gasteiger partial charge in [-0.1, -0.05) is 23.8 Å². The number of amides is 1. The Bertz CT molecular complexity index is 567. The van der Waals surface area contributed by atoms with Crippen LogP contribution in [0.25, 0.3) is 6.08 Å². The van der Waals surface area contributed by atoms with Crippen LogP contribution in [0, 0.1) is 0 Å². The smallest absolute Gasteiger partial charge is 0.244 e. The van der Waals surface area contributed by atoms with Crippen LogP contribution in [-0.2, 0) is 4.79 Å². The minimum atomic E-state index is -0.134. The normalized spacial score (nSPS) is 13.8. The Labute approximate surface area is 129 Å². The second-order valence-electron chi connectivity index (χ2n) is 4.51. The van der Waals surface area contributed by atoms with Crippen LogP contribution < -0.4 is 14.8 Å². The van der Waals surface area contributed by atoms with Crippen LogP contribution in [0.5, 0.6) is 11.5 Å².